The van der Waals surface area contributed by atoms with Crippen LogP contribution in [0.4, 0.5) is 17.6 Å². The zero-order valence-corrected chi connectivity index (χ0v) is 8.39. The van der Waals surface area contributed by atoms with Crippen molar-refractivity contribution >= 4 is 0 Å². The zero-order valence-electron chi connectivity index (χ0n) is 8.39. The third kappa shape index (κ3) is 2.04. The lowest BCUT2D eigenvalue weighted by molar-refractivity contribution is -0.140. The number of halogens is 4. The van der Waals surface area contributed by atoms with E-state index >= 15 is 0 Å². The molecule has 88 valence electrons. The quantitative estimate of drug-likeness (QED) is 0.779. The maximum atomic E-state index is 13.6. The lowest BCUT2D eigenvalue weighted by atomic mass is 10.00. The Morgan fingerprint density at radius 1 is 1.25 bits per heavy atom. The van der Waals surface area contributed by atoms with Crippen molar-refractivity contribution in [2.24, 2.45) is 11.7 Å². The molecule has 0 saturated heterocycles. The smallest absolute Gasteiger partial charge is 0.324 e. The topological polar surface area (TPSA) is 26.0 Å². The summed E-state index contributed by atoms with van der Waals surface area (Å²) >= 11 is 0. The summed E-state index contributed by atoms with van der Waals surface area (Å²) in [6, 6.07) is 2.64. The van der Waals surface area contributed by atoms with Gasteiger partial charge in [-0.3, -0.25) is 0 Å². The first-order valence-corrected chi connectivity index (χ1v) is 5.02. The summed E-state index contributed by atoms with van der Waals surface area (Å²) in [4.78, 5) is 0. The molecule has 1 aromatic carbocycles. The second-order valence-corrected chi connectivity index (χ2v) is 4.07. The van der Waals surface area contributed by atoms with Gasteiger partial charge in [0.15, 0.2) is 0 Å². The molecule has 0 amide bonds. The van der Waals surface area contributed by atoms with Crippen LogP contribution in [-0.2, 0) is 6.18 Å². The third-order valence-electron chi connectivity index (χ3n) is 2.82. The Bertz CT molecular complexity index is 395. The fourth-order valence-corrected chi connectivity index (χ4v) is 1.74. The van der Waals surface area contributed by atoms with Crippen molar-refractivity contribution < 1.29 is 17.6 Å². The van der Waals surface area contributed by atoms with Crippen LogP contribution < -0.4 is 5.73 Å². The normalized spacial score (nSPS) is 18.6. The molecule has 0 aliphatic heterocycles. The summed E-state index contributed by atoms with van der Waals surface area (Å²) in [5.41, 5.74) is 4.44. The minimum Gasteiger partial charge on any atom is -0.324 e. The summed E-state index contributed by atoms with van der Waals surface area (Å²) < 4.78 is 50.9. The summed E-state index contributed by atoms with van der Waals surface area (Å²) in [6.45, 7) is 0. The first-order valence-electron chi connectivity index (χ1n) is 5.02. The number of hydrogen-bond acceptors (Lipinski definition) is 1. The Morgan fingerprint density at radius 3 is 2.38 bits per heavy atom. The van der Waals surface area contributed by atoms with E-state index in [1.165, 1.54) is 12.1 Å². The van der Waals surface area contributed by atoms with E-state index in [9.17, 15) is 17.6 Å². The number of hydrogen-bond donors (Lipinski definition) is 1. The van der Waals surface area contributed by atoms with Gasteiger partial charge in [0, 0.05) is 11.6 Å². The van der Waals surface area contributed by atoms with Gasteiger partial charge in [-0.1, -0.05) is 12.1 Å². The molecule has 0 aromatic heterocycles. The fraction of sp³-hybridized carbons (Fsp3) is 0.455. The van der Waals surface area contributed by atoms with Crippen LogP contribution in [0.1, 0.15) is 30.0 Å². The molecule has 1 fully saturated rings. The van der Waals surface area contributed by atoms with Gasteiger partial charge in [-0.15, -0.1) is 0 Å². The van der Waals surface area contributed by atoms with E-state index in [1.54, 1.807) is 0 Å². The standard InChI is InChI=1S/C11H11F4N/c12-9-7(10(16)6-4-5-6)2-1-3-8(9)11(13,14)15/h1-3,6,10H,4-5,16H2/t10-/m1/s1. The van der Waals surface area contributed by atoms with Gasteiger partial charge < -0.3 is 5.73 Å². The van der Waals surface area contributed by atoms with Gasteiger partial charge >= 0.3 is 6.18 Å². The van der Waals surface area contributed by atoms with Crippen molar-refractivity contribution in [3.8, 4) is 0 Å². The largest absolute Gasteiger partial charge is 0.419 e. The van der Waals surface area contributed by atoms with Crippen molar-refractivity contribution in [1.82, 2.24) is 0 Å². The molecule has 0 unspecified atom stereocenters. The molecule has 5 heteroatoms. The van der Waals surface area contributed by atoms with E-state index in [1.807, 2.05) is 0 Å². The van der Waals surface area contributed by atoms with Gasteiger partial charge in [-0.05, 0) is 24.8 Å². The van der Waals surface area contributed by atoms with Crippen molar-refractivity contribution in [2.45, 2.75) is 25.1 Å². The van der Waals surface area contributed by atoms with Crippen LogP contribution in [-0.4, -0.2) is 0 Å². The Morgan fingerprint density at radius 2 is 1.88 bits per heavy atom. The van der Waals surface area contributed by atoms with Crippen molar-refractivity contribution in [2.75, 3.05) is 0 Å². The van der Waals surface area contributed by atoms with E-state index < -0.39 is 23.6 Å². The fourth-order valence-electron chi connectivity index (χ4n) is 1.74. The van der Waals surface area contributed by atoms with Crippen molar-refractivity contribution in [1.29, 1.82) is 0 Å². The van der Waals surface area contributed by atoms with Gasteiger partial charge in [-0.25, -0.2) is 4.39 Å². The molecule has 16 heavy (non-hydrogen) atoms. The van der Waals surface area contributed by atoms with Crippen LogP contribution >= 0.6 is 0 Å². The van der Waals surface area contributed by atoms with Crippen LogP contribution in [0, 0.1) is 11.7 Å². The van der Waals surface area contributed by atoms with Crippen LogP contribution in [0.15, 0.2) is 18.2 Å². The maximum absolute atomic E-state index is 13.6. The van der Waals surface area contributed by atoms with Crippen molar-refractivity contribution in [3.05, 3.63) is 35.1 Å². The second-order valence-electron chi connectivity index (χ2n) is 4.07. The Hall–Kier alpha value is -1.10. The summed E-state index contributed by atoms with van der Waals surface area (Å²) in [5, 5.41) is 0. The summed E-state index contributed by atoms with van der Waals surface area (Å²) in [6.07, 6.45) is -2.95. The molecule has 0 heterocycles. The van der Waals surface area contributed by atoms with Crippen LogP contribution in [0.25, 0.3) is 0 Å². The minimum atomic E-state index is -4.66. The number of nitrogens with two attached hydrogens (primary N) is 1. The molecule has 1 aliphatic rings. The van der Waals surface area contributed by atoms with Gasteiger partial charge in [-0.2, -0.15) is 13.2 Å². The highest BCUT2D eigenvalue weighted by Gasteiger charge is 2.37. The highest BCUT2D eigenvalue weighted by Crippen LogP contribution is 2.42. The van der Waals surface area contributed by atoms with Crippen LogP contribution in [0.5, 0.6) is 0 Å². The Balaban J connectivity index is 2.39. The predicted molar refractivity (Wildman–Crippen MR) is 51.1 cm³/mol. The van der Waals surface area contributed by atoms with Gasteiger partial charge in [0.1, 0.15) is 5.82 Å². The average molecular weight is 233 g/mol. The monoisotopic (exact) mass is 233 g/mol. The lowest BCUT2D eigenvalue weighted by Gasteiger charge is -2.15. The molecule has 1 nitrogen and oxygen atoms in total. The second kappa shape index (κ2) is 3.73. The predicted octanol–water partition coefficient (Wildman–Crippen LogP) is 3.25. The van der Waals surface area contributed by atoms with E-state index in [4.69, 9.17) is 5.73 Å². The van der Waals surface area contributed by atoms with E-state index in [2.05, 4.69) is 0 Å². The third-order valence-corrected chi connectivity index (χ3v) is 2.82. The number of benzene rings is 1. The number of rotatable bonds is 2. The minimum absolute atomic E-state index is 0.0303. The molecule has 1 atom stereocenters. The molecule has 1 saturated carbocycles. The summed E-state index contributed by atoms with van der Waals surface area (Å²) in [7, 11) is 0. The van der Waals surface area contributed by atoms with Crippen molar-refractivity contribution in [3.63, 3.8) is 0 Å². The molecule has 0 bridgehead atoms. The Labute approximate surface area is 90.3 Å². The first kappa shape index (κ1) is 11.4. The first-order chi connectivity index (χ1) is 7.41. The van der Waals surface area contributed by atoms with Gasteiger partial charge in [0.05, 0.1) is 5.56 Å². The molecular formula is C11H11F4N. The van der Waals surface area contributed by atoms with E-state index in [0.29, 0.717) is 0 Å². The maximum Gasteiger partial charge on any atom is 0.419 e. The highest BCUT2D eigenvalue weighted by molar-refractivity contribution is 5.31. The Kier molecular flexibility index (Phi) is 2.66. The molecule has 2 rings (SSSR count). The summed E-state index contributed by atoms with van der Waals surface area (Å²) in [5.74, 6) is -1.10. The van der Waals surface area contributed by atoms with Gasteiger partial charge in [0.2, 0.25) is 0 Å². The molecule has 2 N–H and O–H groups in total. The zero-order chi connectivity index (χ0) is 11.9. The highest BCUT2D eigenvalue weighted by atomic mass is 19.4. The van der Waals surface area contributed by atoms with Crippen LogP contribution in [0.3, 0.4) is 0 Å². The lowest BCUT2D eigenvalue weighted by Crippen LogP contribution is -2.17. The number of alkyl halides is 3. The molecule has 0 spiro atoms. The van der Waals surface area contributed by atoms with Gasteiger partial charge in [0.25, 0.3) is 0 Å². The van der Waals surface area contributed by atoms with Crippen LogP contribution in [0.2, 0.25) is 0 Å². The van der Waals surface area contributed by atoms with E-state index in [-0.39, 0.29) is 11.5 Å². The van der Waals surface area contributed by atoms with E-state index in [0.717, 1.165) is 18.9 Å². The molecule has 1 aliphatic carbocycles. The molecule has 0 radical (unpaired) electrons. The molecule has 1 aromatic rings. The SMILES string of the molecule is N[C@@H](c1cccc(C(F)(F)F)c1F)C1CC1. The average Bonchev–Trinajstić information content (AvgIpc) is 2.98. The molecular weight excluding hydrogens is 222 g/mol.